The first-order chi connectivity index (χ1) is 9.26. The molecule has 0 heterocycles. The minimum Gasteiger partial charge on any atom is -0.465 e. The fourth-order valence-corrected chi connectivity index (χ4v) is 1.42. The van der Waals surface area contributed by atoms with Gasteiger partial charge in [-0.15, -0.1) is 0 Å². The Kier molecular flexibility index (Phi) is 4.70. The summed E-state index contributed by atoms with van der Waals surface area (Å²) in [5.74, 6) is -0.644. The molecule has 0 radical (unpaired) electrons. The summed E-state index contributed by atoms with van der Waals surface area (Å²) in [6.07, 6.45) is -0.641. The van der Waals surface area contributed by atoms with Crippen LogP contribution in [0.25, 0.3) is 0 Å². The number of ether oxygens (including phenoxy) is 2. The second-order valence-corrected chi connectivity index (χ2v) is 4.99. The van der Waals surface area contributed by atoms with E-state index in [9.17, 15) is 9.59 Å². The zero-order valence-corrected chi connectivity index (χ0v) is 11.8. The van der Waals surface area contributed by atoms with Crippen molar-refractivity contribution in [3.8, 4) is 6.07 Å². The standard InChI is InChI=1S/C14H16N2O4/c1-14(2,3)20-13(18)16-10-6-5-9(8-15)11(7-10)12(17)19-4/h5-7H,1-4H3,(H,16,18). The van der Waals surface area contributed by atoms with E-state index in [0.29, 0.717) is 5.69 Å². The zero-order chi connectivity index (χ0) is 15.3. The molecule has 1 amide bonds. The first kappa shape index (κ1) is 15.5. The van der Waals surface area contributed by atoms with Gasteiger partial charge in [0.05, 0.1) is 18.2 Å². The molecule has 0 saturated heterocycles. The van der Waals surface area contributed by atoms with E-state index in [-0.39, 0.29) is 11.1 Å². The van der Waals surface area contributed by atoms with Gasteiger partial charge in [0, 0.05) is 5.69 Å². The number of methoxy groups -OCH3 is 1. The zero-order valence-electron chi connectivity index (χ0n) is 11.8. The molecule has 106 valence electrons. The van der Waals surface area contributed by atoms with Gasteiger partial charge in [0.25, 0.3) is 0 Å². The molecule has 1 N–H and O–H groups in total. The van der Waals surface area contributed by atoms with Crippen LogP contribution in [-0.2, 0) is 9.47 Å². The van der Waals surface area contributed by atoms with Crippen LogP contribution in [0, 0.1) is 11.3 Å². The van der Waals surface area contributed by atoms with Crippen LogP contribution in [0.15, 0.2) is 18.2 Å². The van der Waals surface area contributed by atoms with E-state index in [2.05, 4.69) is 10.1 Å². The topological polar surface area (TPSA) is 88.4 Å². The van der Waals surface area contributed by atoms with Gasteiger partial charge in [-0.3, -0.25) is 5.32 Å². The number of carbonyl (C=O) groups is 2. The highest BCUT2D eigenvalue weighted by molar-refractivity contribution is 5.95. The van der Waals surface area contributed by atoms with E-state index in [4.69, 9.17) is 10.00 Å². The molecule has 6 nitrogen and oxygen atoms in total. The molecule has 1 aromatic rings. The number of nitriles is 1. The number of anilines is 1. The van der Waals surface area contributed by atoms with Crippen molar-refractivity contribution in [3.63, 3.8) is 0 Å². The number of nitrogens with one attached hydrogen (secondary N) is 1. The van der Waals surface area contributed by atoms with Crippen LogP contribution in [0.4, 0.5) is 10.5 Å². The molecule has 0 aliphatic carbocycles. The predicted octanol–water partition coefficient (Wildman–Crippen LogP) is 2.69. The third-order valence-electron chi connectivity index (χ3n) is 2.19. The Bertz CT molecular complexity index is 568. The Balaban J connectivity index is 2.96. The Morgan fingerprint density at radius 3 is 2.45 bits per heavy atom. The maximum Gasteiger partial charge on any atom is 0.412 e. The molecule has 0 saturated carbocycles. The second kappa shape index (κ2) is 6.06. The number of carbonyl (C=O) groups excluding carboxylic acids is 2. The molecule has 20 heavy (non-hydrogen) atoms. The normalized spacial score (nSPS) is 10.3. The number of esters is 1. The van der Waals surface area contributed by atoms with Crippen molar-refractivity contribution in [2.45, 2.75) is 26.4 Å². The molecule has 0 spiro atoms. The van der Waals surface area contributed by atoms with E-state index in [1.807, 2.05) is 6.07 Å². The molecule has 1 rings (SSSR count). The Morgan fingerprint density at radius 1 is 1.30 bits per heavy atom. The van der Waals surface area contributed by atoms with Crippen molar-refractivity contribution in [2.75, 3.05) is 12.4 Å². The van der Waals surface area contributed by atoms with Crippen molar-refractivity contribution in [3.05, 3.63) is 29.3 Å². The molecule has 0 aliphatic rings. The number of amides is 1. The summed E-state index contributed by atoms with van der Waals surface area (Å²) in [7, 11) is 1.22. The number of nitrogens with zero attached hydrogens (tertiary/aromatic N) is 1. The largest absolute Gasteiger partial charge is 0.465 e. The monoisotopic (exact) mass is 276 g/mol. The summed E-state index contributed by atoms with van der Waals surface area (Å²) in [6.45, 7) is 5.22. The van der Waals surface area contributed by atoms with Gasteiger partial charge in [-0.1, -0.05) is 0 Å². The Labute approximate surface area is 117 Å². The van der Waals surface area contributed by atoms with Crippen LogP contribution in [0.1, 0.15) is 36.7 Å². The summed E-state index contributed by atoms with van der Waals surface area (Å²) in [5.41, 5.74) is -0.0178. The lowest BCUT2D eigenvalue weighted by atomic mass is 10.1. The van der Waals surface area contributed by atoms with Crippen LogP contribution < -0.4 is 5.32 Å². The van der Waals surface area contributed by atoms with Crippen LogP contribution in [0.2, 0.25) is 0 Å². The van der Waals surface area contributed by atoms with Crippen molar-refractivity contribution < 1.29 is 19.1 Å². The Morgan fingerprint density at radius 2 is 1.95 bits per heavy atom. The van der Waals surface area contributed by atoms with Gasteiger partial charge in [-0.2, -0.15) is 5.26 Å². The van der Waals surface area contributed by atoms with Gasteiger partial charge in [-0.25, -0.2) is 9.59 Å². The predicted molar refractivity (Wildman–Crippen MR) is 72.4 cm³/mol. The number of rotatable bonds is 2. The second-order valence-electron chi connectivity index (χ2n) is 4.99. The molecule has 0 fully saturated rings. The molecule has 0 aliphatic heterocycles. The third kappa shape index (κ3) is 4.28. The lowest BCUT2D eigenvalue weighted by molar-refractivity contribution is 0.0596. The van der Waals surface area contributed by atoms with E-state index < -0.39 is 17.7 Å². The number of benzene rings is 1. The highest BCUT2D eigenvalue weighted by atomic mass is 16.6. The Hall–Kier alpha value is -2.55. The van der Waals surface area contributed by atoms with E-state index >= 15 is 0 Å². The van der Waals surface area contributed by atoms with Crippen LogP contribution in [0.3, 0.4) is 0 Å². The van der Waals surface area contributed by atoms with Gasteiger partial charge in [0.15, 0.2) is 0 Å². The number of hydrogen-bond acceptors (Lipinski definition) is 5. The maximum atomic E-state index is 11.6. The quantitative estimate of drug-likeness (QED) is 0.839. The van der Waals surface area contributed by atoms with Crippen molar-refractivity contribution in [1.29, 1.82) is 5.26 Å². The maximum absolute atomic E-state index is 11.6. The van der Waals surface area contributed by atoms with Crippen LogP contribution in [0.5, 0.6) is 0 Å². The SMILES string of the molecule is COC(=O)c1cc(NC(=O)OC(C)(C)C)ccc1C#N. The summed E-state index contributed by atoms with van der Waals surface area (Å²) in [5, 5.41) is 11.4. The van der Waals surface area contributed by atoms with Crippen LogP contribution in [-0.4, -0.2) is 24.8 Å². The molecule has 6 heteroatoms. The van der Waals surface area contributed by atoms with E-state index in [1.54, 1.807) is 20.8 Å². The summed E-state index contributed by atoms with van der Waals surface area (Å²) in [4.78, 5) is 23.2. The fourth-order valence-electron chi connectivity index (χ4n) is 1.42. The van der Waals surface area contributed by atoms with Gasteiger partial charge in [0.2, 0.25) is 0 Å². The van der Waals surface area contributed by atoms with Gasteiger partial charge >= 0.3 is 12.1 Å². The summed E-state index contributed by atoms with van der Waals surface area (Å²) >= 11 is 0. The number of hydrogen-bond donors (Lipinski definition) is 1. The molecule has 0 bridgehead atoms. The summed E-state index contributed by atoms with van der Waals surface area (Å²) < 4.78 is 9.68. The van der Waals surface area contributed by atoms with Crippen molar-refractivity contribution in [2.24, 2.45) is 0 Å². The van der Waals surface area contributed by atoms with Crippen molar-refractivity contribution >= 4 is 17.7 Å². The van der Waals surface area contributed by atoms with Gasteiger partial charge < -0.3 is 9.47 Å². The smallest absolute Gasteiger partial charge is 0.412 e. The van der Waals surface area contributed by atoms with Gasteiger partial charge in [-0.05, 0) is 39.0 Å². The average Bonchev–Trinajstić information content (AvgIpc) is 2.35. The highest BCUT2D eigenvalue weighted by Crippen LogP contribution is 2.17. The van der Waals surface area contributed by atoms with Gasteiger partial charge in [0.1, 0.15) is 11.7 Å². The lowest BCUT2D eigenvalue weighted by Gasteiger charge is -2.19. The molecule has 0 unspecified atom stereocenters. The van der Waals surface area contributed by atoms with E-state index in [0.717, 1.165) is 0 Å². The van der Waals surface area contributed by atoms with Crippen LogP contribution >= 0.6 is 0 Å². The summed E-state index contributed by atoms with van der Waals surface area (Å²) in [6, 6.07) is 6.19. The minimum atomic E-state index is -0.644. The third-order valence-corrected chi connectivity index (χ3v) is 2.19. The fraction of sp³-hybridized carbons (Fsp3) is 0.357. The highest BCUT2D eigenvalue weighted by Gasteiger charge is 2.18. The van der Waals surface area contributed by atoms with Crippen molar-refractivity contribution in [1.82, 2.24) is 0 Å². The minimum absolute atomic E-state index is 0.0866. The first-order valence-electron chi connectivity index (χ1n) is 5.89. The first-order valence-corrected chi connectivity index (χ1v) is 5.89. The molecule has 0 atom stereocenters. The molecule has 0 aromatic heterocycles. The molecule has 1 aromatic carbocycles. The lowest BCUT2D eigenvalue weighted by Crippen LogP contribution is -2.27. The average molecular weight is 276 g/mol. The van der Waals surface area contributed by atoms with E-state index in [1.165, 1.54) is 25.3 Å². The molecular formula is C14H16N2O4. The molecular weight excluding hydrogens is 260 g/mol.